The van der Waals surface area contributed by atoms with Crippen molar-refractivity contribution >= 4 is 46.8 Å². The van der Waals surface area contributed by atoms with Gasteiger partial charge >= 0.3 is 18.0 Å². The average molecular weight is 437 g/mol. The van der Waals surface area contributed by atoms with E-state index in [2.05, 4.69) is 15.4 Å². The van der Waals surface area contributed by atoms with Crippen LogP contribution in [0.3, 0.4) is 0 Å². The van der Waals surface area contributed by atoms with E-state index in [9.17, 15) is 24.0 Å². The lowest BCUT2D eigenvalue weighted by atomic mass is 9.82. The lowest BCUT2D eigenvalue weighted by Gasteiger charge is -2.30. The Bertz CT molecular complexity index is 860. The first-order chi connectivity index (χ1) is 14.4. The van der Waals surface area contributed by atoms with E-state index in [4.69, 9.17) is 4.74 Å². The van der Waals surface area contributed by atoms with Crippen LogP contribution in [-0.4, -0.2) is 60.5 Å². The van der Waals surface area contributed by atoms with Gasteiger partial charge < -0.3 is 20.1 Å². The van der Waals surface area contributed by atoms with Gasteiger partial charge in [-0.05, 0) is 24.3 Å². The molecule has 1 aliphatic heterocycles. The molecule has 10 nitrogen and oxygen atoms in total. The fourth-order valence-corrected chi connectivity index (χ4v) is 4.41. The molecule has 1 saturated carbocycles. The van der Waals surface area contributed by atoms with Gasteiger partial charge in [0.25, 0.3) is 11.8 Å². The predicted octanol–water partition coefficient (Wildman–Crippen LogP) is 1.66. The van der Waals surface area contributed by atoms with Crippen LogP contribution in [0.4, 0.5) is 10.5 Å². The number of ether oxygens (including phenoxy) is 2. The molecule has 1 spiro atoms. The Labute approximate surface area is 176 Å². The lowest BCUT2D eigenvalue weighted by molar-refractivity contribution is -0.147. The fourth-order valence-electron chi connectivity index (χ4n) is 3.64. The molecule has 0 radical (unpaired) electrons. The lowest BCUT2D eigenvalue weighted by Crippen LogP contribution is -2.48. The number of amides is 4. The third-order valence-corrected chi connectivity index (χ3v) is 6.06. The van der Waals surface area contributed by atoms with E-state index in [1.54, 1.807) is 5.38 Å². The number of carbonyl (C=O) groups excluding carboxylic acids is 5. The molecule has 0 atom stereocenters. The fraction of sp³-hybridized carbons (Fsp3) is 0.526. The average Bonchev–Trinajstić information content (AvgIpc) is 3.28. The second-order valence-corrected chi connectivity index (χ2v) is 8.06. The quantitative estimate of drug-likeness (QED) is 0.490. The number of carbonyl (C=O) groups is 5. The molecule has 30 heavy (non-hydrogen) atoms. The molecular weight excluding hydrogens is 414 g/mol. The van der Waals surface area contributed by atoms with E-state index in [0.717, 1.165) is 35.5 Å². The largest absolute Gasteiger partial charge is 0.465 e. The van der Waals surface area contributed by atoms with E-state index in [0.29, 0.717) is 12.8 Å². The zero-order valence-corrected chi connectivity index (χ0v) is 17.3. The molecule has 1 saturated heterocycles. The summed E-state index contributed by atoms with van der Waals surface area (Å²) in [6, 6.07) is 1.04. The Kier molecular flexibility index (Phi) is 6.70. The summed E-state index contributed by atoms with van der Waals surface area (Å²) in [6.45, 7) is -0.663. The van der Waals surface area contributed by atoms with E-state index in [1.165, 1.54) is 13.2 Å². The van der Waals surface area contributed by atoms with Gasteiger partial charge in [-0.1, -0.05) is 19.3 Å². The van der Waals surface area contributed by atoms with Gasteiger partial charge in [0.2, 0.25) is 0 Å². The zero-order chi connectivity index (χ0) is 21.7. The number of urea groups is 1. The van der Waals surface area contributed by atoms with Crippen molar-refractivity contribution in [3.8, 4) is 0 Å². The molecular formula is C19H23N3O7S. The van der Waals surface area contributed by atoms with Crippen molar-refractivity contribution < 1.29 is 33.4 Å². The molecule has 2 heterocycles. The Hall–Kier alpha value is -2.95. The van der Waals surface area contributed by atoms with Crippen LogP contribution < -0.4 is 10.6 Å². The summed E-state index contributed by atoms with van der Waals surface area (Å²) in [7, 11) is 1.23. The maximum absolute atomic E-state index is 12.7. The van der Waals surface area contributed by atoms with Crippen LogP contribution in [0, 0.1) is 0 Å². The van der Waals surface area contributed by atoms with E-state index < -0.39 is 36.0 Å². The van der Waals surface area contributed by atoms with Crippen molar-refractivity contribution in [3.05, 3.63) is 16.3 Å². The summed E-state index contributed by atoms with van der Waals surface area (Å²) in [4.78, 5) is 61.6. The molecule has 2 N–H and O–H groups in total. The number of rotatable bonds is 7. The van der Waals surface area contributed by atoms with Gasteiger partial charge in [-0.25, -0.2) is 9.59 Å². The second-order valence-electron chi connectivity index (χ2n) is 7.14. The first-order valence-electron chi connectivity index (χ1n) is 9.62. The molecule has 0 aromatic carbocycles. The maximum atomic E-state index is 12.7. The van der Waals surface area contributed by atoms with Crippen molar-refractivity contribution in [1.29, 1.82) is 0 Å². The van der Waals surface area contributed by atoms with Gasteiger partial charge in [0.05, 0.1) is 19.2 Å². The number of esters is 2. The molecule has 0 unspecified atom stereocenters. The standard InChI is InChI=1S/C19H23N3O7S/c1-28-16(25)15-12(6-10-30-15)20-13(23)11-29-14(24)5-9-22-17(26)19(21-18(22)27)7-3-2-4-8-19/h6,10H,2-5,7-9,11H2,1H3,(H,20,23)(H,21,27). The minimum atomic E-state index is -0.836. The SMILES string of the molecule is COC(=O)c1sccc1NC(=O)COC(=O)CCN1C(=O)NC2(CCCCC2)C1=O. The van der Waals surface area contributed by atoms with E-state index >= 15 is 0 Å². The van der Waals surface area contributed by atoms with Gasteiger partial charge in [0, 0.05) is 6.54 Å². The topological polar surface area (TPSA) is 131 Å². The Balaban J connectivity index is 1.44. The molecule has 11 heteroatoms. The van der Waals surface area contributed by atoms with E-state index in [1.807, 2.05) is 0 Å². The molecule has 162 valence electrons. The third-order valence-electron chi connectivity index (χ3n) is 5.17. The second kappa shape index (κ2) is 9.24. The molecule has 1 aliphatic carbocycles. The highest BCUT2D eigenvalue weighted by Crippen LogP contribution is 2.33. The van der Waals surface area contributed by atoms with Gasteiger partial charge in [0.1, 0.15) is 10.4 Å². The summed E-state index contributed by atoms with van der Waals surface area (Å²) < 4.78 is 9.54. The minimum Gasteiger partial charge on any atom is -0.465 e. The van der Waals surface area contributed by atoms with Crippen molar-refractivity contribution in [3.63, 3.8) is 0 Å². The molecule has 1 aromatic rings. The molecule has 2 fully saturated rings. The highest BCUT2D eigenvalue weighted by Gasteiger charge is 2.51. The van der Waals surface area contributed by atoms with Crippen LogP contribution >= 0.6 is 11.3 Å². The molecule has 4 amide bonds. The number of methoxy groups -OCH3 is 1. The number of thiophene rings is 1. The van der Waals surface area contributed by atoms with Crippen LogP contribution in [-0.2, 0) is 23.9 Å². The first kappa shape index (κ1) is 21.8. The highest BCUT2D eigenvalue weighted by atomic mass is 32.1. The van der Waals surface area contributed by atoms with Crippen LogP contribution in [0.5, 0.6) is 0 Å². The summed E-state index contributed by atoms with van der Waals surface area (Å²) in [5, 5.41) is 6.86. The van der Waals surface area contributed by atoms with Crippen LogP contribution in [0.25, 0.3) is 0 Å². The van der Waals surface area contributed by atoms with Crippen molar-refractivity contribution in [2.45, 2.75) is 44.1 Å². The number of nitrogens with one attached hydrogen (secondary N) is 2. The predicted molar refractivity (Wildman–Crippen MR) is 106 cm³/mol. The number of hydrogen-bond donors (Lipinski definition) is 2. The van der Waals surface area contributed by atoms with E-state index in [-0.39, 0.29) is 29.4 Å². The van der Waals surface area contributed by atoms with Gasteiger partial charge in [-0.2, -0.15) is 0 Å². The number of imide groups is 1. The maximum Gasteiger partial charge on any atom is 0.350 e. The normalized spacial score (nSPS) is 17.6. The third kappa shape index (κ3) is 4.61. The zero-order valence-electron chi connectivity index (χ0n) is 16.5. The summed E-state index contributed by atoms with van der Waals surface area (Å²) in [6.07, 6.45) is 3.78. The smallest absolute Gasteiger partial charge is 0.350 e. The van der Waals surface area contributed by atoms with Gasteiger partial charge in [-0.15, -0.1) is 11.3 Å². The summed E-state index contributed by atoms with van der Waals surface area (Å²) in [5.41, 5.74) is -0.568. The number of nitrogens with zero attached hydrogens (tertiary/aromatic N) is 1. The number of hydrogen-bond acceptors (Lipinski definition) is 8. The molecule has 2 aliphatic rings. The Morgan fingerprint density at radius 1 is 1.23 bits per heavy atom. The summed E-state index contributed by atoms with van der Waals surface area (Å²) >= 11 is 1.11. The van der Waals surface area contributed by atoms with Crippen LogP contribution in [0.1, 0.15) is 48.2 Å². The van der Waals surface area contributed by atoms with Crippen molar-refractivity contribution in [2.75, 3.05) is 25.6 Å². The molecule has 0 bridgehead atoms. The molecule has 3 rings (SSSR count). The Morgan fingerprint density at radius 2 is 1.97 bits per heavy atom. The van der Waals surface area contributed by atoms with Crippen LogP contribution in [0.2, 0.25) is 0 Å². The first-order valence-corrected chi connectivity index (χ1v) is 10.5. The van der Waals surface area contributed by atoms with Gasteiger partial charge in [-0.3, -0.25) is 19.3 Å². The van der Waals surface area contributed by atoms with Crippen LogP contribution in [0.15, 0.2) is 11.4 Å². The Morgan fingerprint density at radius 3 is 2.67 bits per heavy atom. The minimum absolute atomic E-state index is 0.107. The number of anilines is 1. The van der Waals surface area contributed by atoms with Crippen molar-refractivity contribution in [1.82, 2.24) is 10.2 Å². The highest BCUT2D eigenvalue weighted by molar-refractivity contribution is 7.12. The molecule has 1 aromatic heterocycles. The summed E-state index contributed by atoms with van der Waals surface area (Å²) in [5.74, 6) is -2.22. The monoisotopic (exact) mass is 437 g/mol. The van der Waals surface area contributed by atoms with Crippen molar-refractivity contribution in [2.24, 2.45) is 0 Å². The van der Waals surface area contributed by atoms with Gasteiger partial charge in [0.15, 0.2) is 6.61 Å².